The summed E-state index contributed by atoms with van der Waals surface area (Å²) in [7, 11) is 1.86. The SMILES string of the molecule is C[NH+](CC(=O)Nc1ccc(-c2ccccc2)cc1)CC(=O)N1CCOCC1. The van der Waals surface area contributed by atoms with E-state index in [0.29, 0.717) is 32.8 Å². The van der Waals surface area contributed by atoms with Gasteiger partial charge in [-0.1, -0.05) is 42.5 Å². The molecule has 0 aliphatic carbocycles. The van der Waals surface area contributed by atoms with E-state index in [0.717, 1.165) is 21.7 Å². The highest BCUT2D eigenvalue weighted by molar-refractivity contribution is 5.91. The predicted octanol–water partition coefficient (Wildman–Crippen LogP) is 0.666. The van der Waals surface area contributed by atoms with E-state index < -0.39 is 0 Å². The van der Waals surface area contributed by atoms with Crippen LogP contribution < -0.4 is 10.2 Å². The third kappa shape index (κ3) is 5.64. The first-order chi connectivity index (χ1) is 13.1. The van der Waals surface area contributed by atoms with Crippen molar-refractivity contribution >= 4 is 17.5 Å². The van der Waals surface area contributed by atoms with Gasteiger partial charge in [-0.15, -0.1) is 0 Å². The number of rotatable bonds is 6. The Balaban J connectivity index is 1.47. The van der Waals surface area contributed by atoms with Crippen LogP contribution in [0.4, 0.5) is 5.69 Å². The zero-order chi connectivity index (χ0) is 19.1. The molecule has 2 aromatic rings. The third-order valence-electron chi connectivity index (χ3n) is 4.55. The number of morpholine rings is 1. The van der Waals surface area contributed by atoms with Gasteiger partial charge in [-0.05, 0) is 23.3 Å². The van der Waals surface area contributed by atoms with Crippen molar-refractivity contribution in [2.24, 2.45) is 0 Å². The molecule has 2 amide bonds. The van der Waals surface area contributed by atoms with Gasteiger partial charge in [-0.25, -0.2) is 0 Å². The summed E-state index contributed by atoms with van der Waals surface area (Å²) in [6.07, 6.45) is 0. The topological polar surface area (TPSA) is 63.1 Å². The van der Waals surface area contributed by atoms with Gasteiger partial charge >= 0.3 is 0 Å². The first-order valence-corrected chi connectivity index (χ1v) is 9.24. The van der Waals surface area contributed by atoms with Crippen molar-refractivity contribution in [3.05, 3.63) is 54.6 Å². The lowest BCUT2D eigenvalue weighted by atomic mass is 10.1. The van der Waals surface area contributed by atoms with E-state index in [2.05, 4.69) is 17.4 Å². The van der Waals surface area contributed by atoms with E-state index in [-0.39, 0.29) is 18.4 Å². The number of nitrogens with one attached hydrogen (secondary N) is 2. The monoisotopic (exact) mass is 368 g/mol. The Morgan fingerprint density at radius 3 is 2.26 bits per heavy atom. The highest BCUT2D eigenvalue weighted by Gasteiger charge is 2.21. The summed E-state index contributed by atoms with van der Waals surface area (Å²) in [5.41, 5.74) is 3.00. The Morgan fingerprint density at radius 2 is 1.59 bits per heavy atom. The number of likely N-dealkylation sites (N-methyl/N-ethyl adjacent to an activating group) is 1. The van der Waals surface area contributed by atoms with Crippen LogP contribution in [0.1, 0.15) is 0 Å². The fraction of sp³-hybridized carbons (Fsp3) is 0.333. The Kier molecular flexibility index (Phi) is 6.57. The summed E-state index contributed by atoms with van der Waals surface area (Å²) < 4.78 is 5.26. The second kappa shape index (κ2) is 9.30. The number of anilines is 1. The maximum Gasteiger partial charge on any atom is 0.279 e. The van der Waals surface area contributed by atoms with E-state index >= 15 is 0 Å². The number of carbonyl (C=O) groups is 2. The lowest BCUT2D eigenvalue weighted by molar-refractivity contribution is -0.862. The van der Waals surface area contributed by atoms with Gasteiger partial charge in [0.2, 0.25) is 0 Å². The van der Waals surface area contributed by atoms with E-state index in [9.17, 15) is 9.59 Å². The summed E-state index contributed by atoms with van der Waals surface area (Å²) in [6, 6.07) is 17.9. The van der Waals surface area contributed by atoms with E-state index in [1.807, 2.05) is 49.5 Å². The molecule has 3 rings (SSSR count). The maximum atomic E-state index is 12.3. The number of quaternary nitrogens is 1. The molecule has 6 heteroatoms. The smallest absolute Gasteiger partial charge is 0.279 e. The lowest BCUT2D eigenvalue weighted by Gasteiger charge is -2.27. The molecule has 142 valence electrons. The third-order valence-corrected chi connectivity index (χ3v) is 4.55. The van der Waals surface area contributed by atoms with Crippen molar-refractivity contribution < 1.29 is 19.2 Å². The number of hydrogen-bond acceptors (Lipinski definition) is 3. The number of ether oxygens (including phenoxy) is 1. The zero-order valence-electron chi connectivity index (χ0n) is 15.6. The minimum absolute atomic E-state index is 0.0656. The molecule has 0 saturated carbocycles. The molecule has 0 radical (unpaired) electrons. The molecular formula is C21H26N3O3+. The molecule has 6 nitrogen and oxygen atoms in total. The molecule has 1 aliphatic rings. The van der Waals surface area contributed by atoms with Crippen molar-refractivity contribution in [3.63, 3.8) is 0 Å². The van der Waals surface area contributed by atoms with Crippen LogP contribution in [-0.2, 0) is 14.3 Å². The summed E-state index contributed by atoms with van der Waals surface area (Å²) >= 11 is 0. The van der Waals surface area contributed by atoms with Crippen LogP contribution in [-0.4, -0.2) is 63.2 Å². The van der Waals surface area contributed by atoms with Crippen LogP contribution >= 0.6 is 0 Å². The molecular weight excluding hydrogens is 342 g/mol. The first-order valence-electron chi connectivity index (χ1n) is 9.24. The molecule has 1 atom stereocenters. The van der Waals surface area contributed by atoms with Crippen molar-refractivity contribution in [2.45, 2.75) is 0 Å². The largest absolute Gasteiger partial charge is 0.378 e. The quantitative estimate of drug-likeness (QED) is 0.788. The fourth-order valence-corrected chi connectivity index (χ4v) is 3.10. The van der Waals surface area contributed by atoms with Gasteiger partial charge in [0.15, 0.2) is 13.1 Å². The van der Waals surface area contributed by atoms with Crippen molar-refractivity contribution in [1.29, 1.82) is 0 Å². The highest BCUT2D eigenvalue weighted by Crippen LogP contribution is 2.20. The molecule has 1 saturated heterocycles. The summed E-state index contributed by atoms with van der Waals surface area (Å²) in [5, 5.41) is 2.90. The molecule has 1 heterocycles. The van der Waals surface area contributed by atoms with Crippen LogP contribution in [0.3, 0.4) is 0 Å². The van der Waals surface area contributed by atoms with Crippen LogP contribution in [0.2, 0.25) is 0 Å². The van der Waals surface area contributed by atoms with Crippen LogP contribution in [0.15, 0.2) is 54.6 Å². The van der Waals surface area contributed by atoms with E-state index in [1.165, 1.54) is 0 Å². The van der Waals surface area contributed by atoms with Crippen molar-refractivity contribution in [1.82, 2.24) is 4.90 Å². The molecule has 0 aromatic heterocycles. The summed E-state index contributed by atoms with van der Waals surface area (Å²) in [4.78, 5) is 27.2. The summed E-state index contributed by atoms with van der Waals surface area (Å²) in [5.74, 6) is -0.0365. The van der Waals surface area contributed by atoms with Crippen molar-refractivity contribution in [2.75, 3.05) is 51.8 Å². The van der Waals surface area contributed by atoms with Gasteiger partial charge in [0.05, 0.1) is 20.3 Å². The minimum atomic E-state index is -0.102. The van der Waals surface area contributed by atoms with Crippen molar-refractivity contribution in [3.8, 4) is 11.1 Å². The number of amides is 2. The van der Waals surface area contributed by atoms with Gasteiger partial charge in [0.25, 0.3) is 11.8 Å². The van der Waals surface area contributed by atoms with E-state index in [4.69, 9.17) is 4.74 Å². The van der Waals surface area contributed by atoms with Crippen LogP contribution in [0.25, 0.3) is 11.1 Å². The van der Waals surface area contributed by atoms with Gasteiger partial charge in [0, 0.05) is 18.8 Å². The molecule has 0 spiro atoms. The minimum Gasteiger partial charge on any atom is -0.378 e. The second-order valence-corrected chi connectivity index (χ2v) is 6.80. The number of carbonyl (C=O) groups excluding carboxylic acids is 2. The first kappa shape index (κ1) is 19.1. The molecule has 2 N–H and O–H groups in total. The average molecular weight is 368 g/mol. The Labute approximate surface area is 159 Å². The van der Waals surface area contributed by atoms with Gasteiger partial charge in [-0.2, -0.15) is 0 Å². The maximum absolute atomic E-state index is 12.3. The van der Waals surface area contributed by atoms with Gasteiger partial charge in [-0.3, -0.25) is 9.59 Å². The normalized spacial score (nSPS) is 15.2. The Morgan fingerprint density at radius 1 is 0.963 bits per heavy atom. The Bertz CT molecular complexity index is 756. The number of benzene rings is 2. The molecule has 1 fully saturated rings. The van der Waals surface area contributed by atoms with Gasteiger partial charge in [0.1, 0.15) is 0 Å². The number of nitrogens with zero attached hydrogens (tertiary/aromatic N) is 1. The molecule has 27 heavy (non-hydrogen) atoms. The zero-order valence-corrected chi connectivity index (χ0v) is 15.6. The Hall–Kier alpha value is -2.70. The second-order valence-electron chi connectivity index (χ2n) is 6.80. The van der Waals surface area contributed by atoms with Crippen LogP contribution in [0, 0.1) is 0 Å². The van der Waals surface area contributed by atoms with E-state index in [1.54, 1.807) is 4.90 Å². The van der Waals surface area contributed by atoms with Gasteiger partial charge < -0.3 is 19.9 Å². The summed E-state index contributed by atoms with van der Waals surface area (Å²) in [6.45, 7) is 2.99. The molecule has 0 bridgehead atoms. The van der Waals surface area contributed by atoms with Crippen LogP contribution in [0.5, 0.6) is 0 Å². The fourth-order valence-electron chi connectivity index (χ4n) is 3.10. The molecule has 1 aliphatic heterocycles. The lowest BCUT2D eigenvalue weighted by Crippen LogP contribution is -3.11. The molecule has 1 unspecified atom stereocenters. The number of hydrogen-bond donors (Lipinski definition) is 2. The predicted molar refractivity (Wildman–Crippen MR) is 105 cm³/mol. The average Bonchev–Trinajstić information content (AvgIpc) is 2.69. The highest BCUT2D eigenvalue weighted by atomic mass is 16.5. The standard InChI is InChI=1S/C21H25N3O3/c1-23(16-21(26)24-11-13-27-14-12-24)15-20(25)22-19-9-7-18(8-10-19)17-5-3-2-4-6-17/h2-10H,11-16H2,1H3,(H,22,25)/p+1. The molecule has 2 aromatic carbocycles.